The van der Waals surface area contributed by atoms with Crippen molar-refractivity contribution in [2.75, 3.05) is 0 Å². The first-order chi connectivity index (χ1) is 10.7. The fourth-order valence-electron chi connectivity index (χ4n) is 2.65. The van der Waals surface area contributed by atoms with Gasteiger partial charge in [0.05, 0.1) is 25.0 Å². The highest BCUT2D eigenvalue weighted by Gasteiger charge is 2.53. The number of H-pyrrole nitrogens is 1. The molecule has 0 aromatic carbocycles. The number of amides is 1. The summed E-state index contributed by atoms with van der Waals surface area (Å²) in [6.07, 6.45) is 3.98. The summed E-state index contributed by atoms with van der Waals surface area (Å²) in [5.41, 5.74) is 0.922. The van der Waals surface area contributed by atoms with Crippen LogP contribution in [0.25, 0.3) is 0 Å². The van der Waals surface area contributed by atoms with E-state index in [0.717, 1.165) is 17.0 Å². The van der Waals surface area contributed by atoms with Crippen LogP contribution in [0.15, 0.2) is 24.5 Å². The van der Waals surface area contributed by atoms with Crippen LogP contribution in [0.3, 0.4) is 0 Å². The van der Waals surface area contributed by atoms with E-state index < -0.39 is 11.6 Å². The first kappa shape index (κ1) is 13.2. The van der Waals surface area contributed by atoms with E-state index in [1.165, 1.54) is 0 Å². The number of hydrogen-bond acceptors (Lipinski definition) is 4. The van der Waals surface area contributed by atoms with Crippen LogP contribution in [0.1, 0.15) is 29.8 Å². The molecule has 0 radical (unpaired) electrons. The molecule has 6 nitrogen and oxygen atoms in total. The molecule has 1 amide bonds. The van der Waals surface area contributed by atoms with Crippen molar-refractivity contribution >= 4 is 5.91 Å². The van der Waals surface area contributed by atoms with E-state index in [2.05, 4.69) is 15.2 Å². The second-order valence-electron chi connectivity index (χ2n) is 5.73. The van der Waals surface area contributed by atoms with Crippen molar-refractivity contribution < 1.29 is 13.9 Å². The van der Waals surface area contributed by atoms with Gasteiger partial charge >= 0.3 is 0 Å². The van der Waals surface area contributed by atoms with E-state index in [4.69, 9.17) is 4.74 Å². The molecule has 0 bridgehead atoms. The average molecular weight is 302 g/mol. The number of rotatable bonds is 4. The molecule has 1 aliphatic heterocycles. The molecular weight excluding hydrogens is 287 g/mol. The van der Waals surface area contributed by atoms with Crippen molar-refractivity contribution in [2.45, 2.75) is 38.2 Å². The molecule has 3 heterocycles. The van der Waals surface area contributed by atoms with E-state index in [1.54, 1.807) is 23.4 Å². The summed E-state index contributed by atoms with van der Waals surface area (Å²) in [5, 5.41) is 7.14. The number of carbonyl (C=O) groups excluding carboxylic acids is 1. The fraction of sp³-hybridized carbons (Fsp3) is 0.400. The van der Waals surface area contributed by atoms with Crippen molar-refractivity contribution in [3.8, 4) is 5.75 Å². The molecule has 0 spiro atoms. The van der Waals surface area contributed by atoms with E-state index in [-0.39, 0.29) is 0 Å². The number of aromatic nitrogens is 3. The number of pyridine rings is 1. The third-order valence-electron chi connectivity index (χ3n) is 4.11. The van der Waals surface area contributed by atoms with Gasteiger partial charge in [-0.3, -0.25) is 14.9 Å². The molecule has 114 valence electrons. The number of fused-ring (bicyclic) bond motifs is 1. The monoisotopic (exact) mass is 302 g/mol. The molecule has 0 unspecified atom stereocenters. The summed E-state index contributed by atoms with van der Waals surface area (Å²) >= 11 is 0. The topological polar surface area (TPSA) is 71.1 Å². The van der Waals surface area contributed by atoms with Crippen molar-refractivity contribution in [3.63, 3.8) is 0 Å². The Balaban J connectivity index is 1.44. The number of alkyl halides is 1. The first-order valence-electron chi connectivity index (χ1n) is 7.22. The summed E-state index contributed by atoms with van der Waals surface area (Å²) in [7, 11) is 0. The standard InChI is InChI=1S/C15H15FN4O2/c16-15(3-4-15)14(21)20-7-11-12(8-20)18-19-13(11)9-22-10-2-1-5-17-6-10/h1-2,5-6H,3-4,7-9H2,(H,18,19). The molecule has 7 heteroatoms. The Kier molecular flexibility index (Phi) is 2.88. The van der Waals surface area contributed by atoms with Gasteiger partial charge in [-0.2, -0.15) is 5.10 Å². The molecular formula is C15H15FN4O2. The Morgan fingerprint density at radius 2 is 2.32 bits per heavy atom. The van der Waals surface area contributed by atoms with E-state index >= 15 is 0 Å². The number of nitrogens with one attached hydrogen (secondary N) is 1. The first-order valence-corrected chi connectivity index (χ1v) is 7.22. The van der Waals surface area contributed by atoms with Crippen LogP contribution in [0, 0.1) is 0 Å². The zero-order valence-electron chi connectivity index (χ0n) is 11.9. The van der Waals surface area contributed by atoms with Gasteiger partial charge in [-0.05, 0) is 25.0 Å². The zero-order chi connectivity index (χ0) is 15.2. The maximum atomic E-state index is 13.9. The van der Waals surface area contributed by atoms with Gasteiger partial charge in [0.2, 0.25) is 0 Å². The minimum Gasteiger partial charge on any atom is -0.486 e. The molecule has 4 rings (SSSR count). The number of halogens is 1. The van der Waals surface area contributed by atoms with E-state index in [0.29, 0.717) is 38.3 Å². The van der Waals surface area contributed by atoms with Gasteiger partial charge in [-0.25, -0.2) is 4.39 Å². The summed E-state index contributed by atoms with van der Waals surface area (Å²) in [4.78, 5) is 17.6. The number of carbonyl (C=O) groups is 1. The third-order valence-corrected chi connectivity index (χ3v) is 4.11. The van der Waals surface area contributed by atoms with Crippen LogP contribution >= 0.6 is 0 Å². The lowest BCUT2D eigenvalue weighted by Crippen LogP contribution is -2.34. The Bertz CT molecular complexity index is 712. The Labute approximate surface area is 126 Å². The fourth-order valence-corrected chi connectivity index (χ4v) is 2.65. The summed E-state index contributed by atoms with van der Waals surface area (Å²) in [5.74, 6) is 0.252. The van der Waals surface area contributed by atoms with Crippen LogP contribution in [0.4, 0.5) is 4.39 Å². The third kappa shape index (κ3) is 2.22. The van der Waals surface area contributed by atoms with Gasteiger partial charge in [0, 0.05) is 11.8 Å². The van der Waals surface area contributed by atoms with Crippen molar-refractivity contribution in [1.29, 1.82) is 0 Å². The average Bonchev–Trinajstić information content (AvgIpc) is 2.99. The van der Waals surface area contributed by atoms with Crippen LogP contribution < -0.4 is 4.74 Å². The maximum absolute atomic E-state index is 13.9. The summed E-state index contributed by atoms with van der Waals surface area (Å²) in [6.45, 7) is 1.07. The van der Waals surface area contributed by atoms with Crippen molar-refractivity contribution in [3.05, 3.63) is 41.5 Å². The Hall–Kier alpha value is -2.44. The molecule has 1 fully saturated rings. The van der Waals surface area contributed by atoms with Crippen molar-refractivity contribution in [2.24, 2.45) is 0 Å². The normalized spacial score (nSPS) is 18.1. The number of ether oxygens (including phenoxy) is 1. The van der Waals surface area contributed by atoms with Gasteiger partial charge in [0.1, 0.15) is 18.1 Å². The minimum atomic E-state index is -1.62. The highest BCUT2D eigenvalue weighted by molar-refractivity contribution is 5.88. The van der Waals surface area contributed by atoms with Crippen molar-refractivity contribution in [1.82, 2.24) is 20.1 Å². The quantitative estimate of drug-likeness (QED) is 0.933. The molecule has 1 N–H and O–H groups in total. The molecule has 2 aromatic heterocycles. The maximum Gasteiger partial charge on any atom is 0.260 e. The van der Waals surface area contributed by atoms with Crippen LogP contribution in [0.2, 0.25) is 0 Å². The predicted molar refractivity (Wildman–Crippen MR) is 74.5 cm³/mol. The number of hydrogen-bond donors (Lipinski definition) is 1. The van der Waals surface area contributed by atoms with Crippen LogP contribution in [-0.4, -0.2) is 31.7 Å². The summed E-state index contributed by atoms with van der Waals surface area (Å²) in [6, 6.07) is 3.61. The molecule has 2 aromatic rings. The van der Waals surface area contributed by atoms with Crippen LogP contribution in [0.5, 0.6) is 5.75 Å². The molecule has 22 heavy (non-hydrogen) atoms. The lowest BCUT2D eigenvalue weighted by atomic mass is 10.2. The molecule has 0 saturated heterocycles. The van der Waals surface area contributed by atoms with Crippen LogP contribution in [-0.2, 0) is 24.5 Å². The molecule has 0 atom stereocenters. The van der Waals surface area contributed by atoms with Gasteiger partial charge in [0.15, 0.2) is 5.67 Å². The highest BCUT2D eigenvalue weighted by Crippen LogP contribution is 2.43. The zero-order valence-corrected chi connectivity index (χ0v) is 11.9. The number of nitrogens with zero attached hydrogens (tertiary/aromatic N) is 3. The predicted octanol–water partition coefficient (Wildman–Crippen LogP) is 1.73. The highest BCUT2D eigenvalue weighted by atomic mass is 19.1. The van der Waals surface area contributed by atoms with E-state index in [9.17, 15) is 9.18 Å². The van der Waals surface area contributed by atoms with Gasteiger partial charge in [-0.1, -0.05) is 0 Å². The molecule has 2 aliphatic rings. The molecule has 1 aliphatic carbocycles. The second-order valence-corrected chi connectivity index (χ2v) is 5.73. The summed E-state index contributed by atoms with van der Waals surface area (Å²) < 4.78 is 19.5. The van der Waals surface area contributed by atoms with Gasteiger partial charge in [-0.15, -0.1) is 0 Å². The Morgan fingerprint density at radius 3 is 3.05 bits per heavy atom. The smallest absolute Gasteiger partial charge is 0.260 e. The lowest BCUT2D eigenvalue weighted by Gasteiger charge is -2.17. The largest absolute Gasteiger partial charge is 0.486 e. The lowest BCUT2D eigenvalue weighted by molar-refractivity contribution is -0.138. The SMILES string of the molecule is O=C(N1Cc2[nH]nc(COc3cccnc3)c2C1)C1(F)CC1. The minimum absolute atomic E-state index is 0.292. The molecule has 1 saturated carbocycles. The van der Waals surface area contributed by atoms with E-state index in [1.807, 2.05) is 6.07 Å². The van der Waals surface area contributed by atoms with Gasteiger partial charge < -0.3 is 9.64 Å². The Morgan fingerprint density at radius 1 is 1.45 bits per heavy atom. The van der Waals surface area contributed by atoms with Gasteiger partial charge in [0.25, 0.3) is 5.91 Å². The number of aromatic amines is 1. The second kappa shape index (κ2) is 4.79.